The molecule has 0 unspecified atom stereocenters. The molecule has 2 heterocycles. The highest BCUT2D eigenvalue weighted by Crippen LogP contribution is 2.40. The molecule has 0 saturated carbocycles. The summed E-state index contributed by atoms with van der Waals surface area (Å²) in [5.41, 5.74) is 4.02. The fourth-order valence-corrected chi connectivity index (χ4v) is 4.84. The van der Waals surface area contributed by atoms with Crippen LogP contribution in [0, 0.1) is 11.3 Å². The van der Waals surface area contributed by atoms with Gasteiger partial charge in [-0.1, -0.05) is 44.5 Å². The van der Waals surface area contributed by atoms with Gasteiger partial charge in [-0.05, 0) is 42.7 Å². The summed E-state index contributed by atoms with van der Waals surface area (Å²) in [5.74, 6) is 0.772. The first-order chi connectivity index (χ1) is 10.9. The van der Waals surface area contributed by atoms with Gasteiger partial charge in [0.2, 0.25) is 0 Å². The highest BCUT2D eigenvalue weighted by atomic mass is 35.5. The predicted molar refractivity (Wildman–Crippen MR) is 98.5 cm³/mol. The first-order valence-electron chi connectivity index (χ1n) is 8.17. The van der Waals surface area contributed by atoms with Crippen LogP contribution in [0.25, 0.3) is 16.2 Å². The minimum absolute atomic E-state index is 0.387. The van der Waals surface area contributed by atoms with Crippen LogP contribution in [0.2, 0.25) is 5.02 Å². The molecule has 1 aliphatic carbocycles. The maximum atomic E-state index is 5.98. The number of aromatic nitrogens is 2. The Labute approximate surface area is 146 Å². The van der Waals surface area contributed by atoms with Crippen LogP contribution < -0.4 is 0 Å². The van der Waals surface area contributed by atoms with Crippen LogP contribution in [0.15, 0.2) is 30.5 Å². The average molecular weight is 345 g/mol. The fraction of sp³-hybridized carbons (Fsp3) is 0.421. The van der Waals surface area contributed by atoms with Gasteiger partial charge in [0.25, 0.3) is 0 Å². The molecule has 0 N–H and O–H groups in total. The van der Waals surface area contributed by atoms with E-state index in [1.165, 1.54) is 23.4 Å². The van der Waals surface area contributed by atoms with E-state index < -0.39 is 0 Å². The number of hydrogen-bond donors (Lipinski definition) is 0. The van der Waals surface area contributed by atoms with Crippen molar-refractivity contribution in [2.45, 2.75) is 40.0 Å². The molecule has 4 rings (SSSR count). The van der Waals surface area contributed by atoms with Gasteiger partial charge in [-0.15, -0.1) is 11.3 Å². The van der Waals surface area contributed by atoms with Crippen molar-refractivity contribution >= 4 is 27.9 Å². The second-order valence-corrected chi connectivity index (χ2v) is 9.06. The summed E-state index contributed by atoms with van der Waals surface area (Å²) in [6.45, 7) is 7.08. The lowest BCUT2D eigenvalue weighted by molar-refractivity contribution is 0.216. The smallest absolute Gasteiger partial charge is 0.194 e. The monoisotopic (exact) mass is 344 g/mol. The molecule has 0 saturated heterocycles. The quantitative estimate of drug-likeness (QED) is 0.539. The summed E-state index contributed by atoms with van der Waals surface area (Å²) in [6, 6.07) is 7.93. The number of benzene rings is 1. The van der Waals surface area contributed by atoms with Crippen molar-refractivity contribution in [3.63, 3.8) is 0 Å². The summed E-state index contributed by atoms with van der Waals surface area (Å²) in [5, 5.41) is 0.764. The Morgan fingerprint density at radius 1 is 1.22 bits per heavy atom. The number of imidazole rings is 1. The Hall–Kier alpha value is -1.32. The summed E-state index contributed by atoms with van der Waals surface area (Å²) in [6.07, 6.45) is 5.82. The summed E-state index contributed by atoms with van der Waals surface area (Å²) < 4.78 is 2.31. The molecule has 4 heteroatoms. The highest BCUT2D eigenvalue weighted by molar-refractivity contribution is 7.17. The maximum Gasteiger partial charge on any atom is 0.194 e. The van der Waals surface area contributed by atoms with E-state index in [2.05, 4.69) is 31.4 Å². The van der Waals surface area contributed by atoms with E-state index in [4.69, 9.17) is 16.6 Å². The van der Waals surface area contributed by atoms with Crippen LogP contribution >= 0.6 is 22.9 Å². The Bertz CT molecular complexity index is 852. The minimum Gasteiger partial charge on any atom is -0.294 e. The molecule has 3 aromatic rings. The Morgan fingerprint density at radius 2 is 1.96 bits per heavy atom. The van der Waals surface area contributed by atoms with Gasteiger partial charge in [-0.2, -0.15) is 0 Å². The summed E-state index contributed by atoms with van der Waals surface area (Å²) in [7, 11) is 0. The van der Waals surface area contributed by atoms with E-state index in [1.807, 2.05) is 35.6 Å². The van der Waals surface area contributed by atoms with Crippen LogP contribution in [0.4, 0.5) is 0 Å². The SMILES string of the molecule is CC(C)(C)[C@@H]1CCc2c(sc3nc(-c4ccc(Cl)cc4)cn23)C1. The lowest BCUT2D eigenvalue weighted by Gasteiger charge is -2.33. The molecule has 2 nitrogen and oxygen atoms in total. The van der Waals surface area contributed by atoms with Gasteiger partial charge in [-0.3, -0.25) is 4.40 Å². The van der Waals surface area contributed by atoms with Gasteiger partial charge in [0, 0.05) is 27.4 Å². The van der Waals surface area contributed by atoms with Crippen LogP contribution in [0.5, 0.6) is 0 Å². The Kier molecular flexibility index (Phi) is 3.54. The van der Waals surface area contributed by atoms with E-state index in [0.717, 1.165) is 33.6 Å². The van der Waals surface area contributed by atoms with Crippen LogP contribution in [-0.2, 0) is 12.8 Å². The number of aryl methyl sites for hydroxylation is 1. The van der Waals surface area contributed by atoms with Crippen LogP contribution in [0.1, 0.15) is 37.8 Å². The number of halogens is 1. The van der Waals surface area contributed by atoms with Gasteiger partial charge in [0.1, 0.15) is 0 Å². The Balaban J connectivity index is 1.71. The first kappa shape index (κ1) is 15.2. The molecule has 0 spiro atoms. The van der Waals surface area contributed by atoms with E-state index >= 15 is 0 Å². The van der Waals surface area contributed by atoms with E-state index in [-0.39, 0.29) is 0 Å². The van der Waals surface area contributed by atoms with Crippen molar-refractivity contribution in [2.75, 3.05) is 0 Å². The van der Waals surface area contributed by atoms with E-state index in [1.54, 1.807) is 0 Å². The average Bonchev–Trinajstić information content (AvgIpc) is 3.04. The third-order valence-electron chi connectivity index (χ3n) is 5.03. The fourth-order valence-electron chi connectivity index (χ4n) is 3.49. The number of rotatable bonds is 1. The van der Waals surface area contributed by atoms with Crippen LogP contribution in [-0.4, -0.2) is 9.38 Å². The topological polar surface area (TPSA) is 17.3 Å². The number of thiazole rings is 1. The zero-order chi connectivity index (χ0) is 16.2. The Morgan fingerprint density at radius 3 is 2.65 bits per heavy atom. The lowest BCUT2D eigenvalue weighted by atomic mass is 9.73. The lowest BCUT2D eigenvalue weighted by Crippen LogP contribution is -2.26. The second kappa shape index (κ2) is 5.35. The minimum atomic E-state index is 0.387. The molecule has 0 amide bonds. The second-order valence-electron chi connectivity index (χ2n) is 7.56. The van der Waals surface area contributed by atoms with Gasteiger partial charge in [0.05, 0.1) is 5.69 Å². The molecule has 2 aromatic heterocycles. The molecule has 0 aliphatic heterocycles. The number of nitrogens with zero attached hydrogens (tertiary/aromatic N) is 2. The van der Waals surface area contributed by atoms with Crippen molar-refractivity contribution < 1.29 is 0 Å². The standard InChI is InChI=1S/C19H21ClN2S/c1-19(2,3)13-6-9-16-17(10-13)23-18-21-15(11-22(16)18)12-4-7-14(20)8-5-12/h4-5,7-8,11,13H,6,9-10H2,1-3H3/t13-/m1/s1. The number of hydrogen-bond acceptors (Lipinski definition) is 2. The summed E-state index contributed by atoms with van der Waals surface area (Å²) in [4.78, 5) is 7.49. The molecule has 0 bridgehead atoms. The molecule has 0 radical (unpaired) electrons. The molecule has 1 atom stereocenters. The van der Waals surface area contributed by atoms with Crippen molar-refractivity contribution in [3.05, 3.63) is 46.1 Å². The molecular weight excluding hydrogens is 324 g/mol. The van der Waals surface area contributed by atoms with Crippen molar-refractivity contribution in [1.29, 1.82) is 0 Å². The van der Waals surface area contributed by atoms with Crippen molar-refractivity contribution in [2.24, 2.45) is 11.3 Å². The molecule has 1 aliphatic rings. The van der Waals surface area contributed by atoms with Crippen LogP contribution in [0.3, 0.4) is 0 Å². The zero-order valence-electron chi connectivity index (χ0n) is 13.8. The zero-order valence-corrected chi connectivity index (χ0v) is 15.3. The molecule has 1 aromatic carbocycles. The van der Waals surface area contributed by atoms with Gasteiger partial charge in [-0.25, -0.2) is 4.98 Å². The maximum absolute atomic E-state index is 5.98. The highest BCUT2D eigenvalue weighted by Gasteiger charge is 2.31. The number of fused-ring (bicyclic) bond motifs is 3. The summed E-state index contributed by atoms with van der Waals surface area (Å²) >= 11 is 7.84. The normalized spacial score (nSPS) is 18.3. The first-order valence-corrected chi connectivity index (χ1v) is 9.37. The van der Waals surface area contributed by atoms with Gasteiger partial charge in [0.15, 0.2) is 4.96 Å². The van der Waals surface area contributed by atoms with Crippen molar-refractivity contribution in [3.8, 4) is 11.3 Å². The van der Waals surface area contributed by atoms with Gasteiger partial charge < -0.3 is 0 Å². The predicted octanol–water partition coefficient (Wildman–Crippen LogP) is 5.87. The van der Waals surface area contributed by atoms with E-state index in [9.17, 15) is 0 Å². The molecular formula is C19H21ClN2S. The molecule has 23 heavy (non-hydrogen) atoms. The van der Waals surface area contributed by atoms with Crippen molar-refractivity contribution in [1.82, 2.24) is 9.38 Å². The third kappa shape index (κ3) is 2.70. The third-order valence-corrected chi connectivity index (χ3v) is 6.40. The van der Waals surface area contributed by atoms with E-state index in [0.29, 0.717) is 5.41 Å². The van der Waals surface area contributed by atoms with Gasteiger partial charge >= 0.3 is 0 Å². The molecule has 120 valence electrons. The largest absolute Gasteiger partial charge is 0.294 e. The molecule has 0 fully saturated rings.